The molecule has 4 nitrogen and oxygen atoms in total. The molecule has 10 heavy (non-hydrogen) atoms. The molecular formula is C5H5FN4. The average molecular weight is 140 g/mol. The van der Waals surface area contributed by atoms with Gasteiger partial charge in [0, 0.05) is 12.4 Å². The van der Waals surface area contributed by atoms with Gasteiger partial charge in [-0.15, -0.1) is 0 Å². The second-order valence-electron chi connectivity index (χ2n) is 0.990. The van der Waals surface area contributed by atoms with Gasteiger partial charge in [-0.25, -0.2) is 0 Å². The predicted molar refractivity (Wildman–Crippen MR) is 32.3 cm³/mol. The van der Waals surface area contributed by atoms with Gasteiger partial charge >= 0.3 is 0 Å². The molecule has 0 fully saturated rings. The van der Waals surface area contributed by atoms with Gasteiger partial charge in [-0.05, 0) is 6.07 Å². The molecule has 1 aromatic heterocycles. The van der Waals surface area contributed by atoms with Gasteiger partial charge < -0.3 is 0 Å². The van der Waals surface area contributed by atoms with Crippen molar-refractivity contribution in [3.63, 3.8) is 0 Å². The fraction of sp³-hybridized carbons (Fsp3) is 0. The SMILES string of the molecule is F.N#CC#N.c1cn[nH]c1. The maximum atomic E-state index is 7.26. The summed E-state index contributed by atoms with van der Waals surface area (Å²) in [5, 5.41) is 20.7. The third-order valence-electron chi connectivity index (χ3n) is 0.456. The minimum atomic E-state index is 0. The van der Waals surface area contributed by atoms with Crippen LogP contribution in [0.15, 0.2) is 18.5 Å². The van der Waals surface area contributed by atoms with Gasteiger partial charge in [-0.3, -0.25) is 9.80 Å². The zero-order valence-electron chi connectivity index (χ0n) is 4.98. The third-order valence-corrected chi connectivity index (χ3v) is 0.456. The van der Waals surface area contributed by atoms with Crippen LogP contribution in [0, 0.1) is 22.7 Å². The highest BCUT2D eigenvalue weighted by atomic mass is 19.0. The van der Waals surface area contributed by atoms with Crippen LogP contribution in [0.3, 0.4) is 0 Å². The lowest BCUT2D eigenvalue weighted by atomic mass is 10.8. The van der Waals surface area contributed by atoms with Crippen LogP contribution in [-0.2, 0) is 0 Å². The molecule has 5 heteroatoms. The van der Waals surface area contributed by atoms with E-state index in [1.165, 1.54) is 12.1 Å². The van der Waals surface area contributed by atoms with Crippen molar-refractivity contribution in [1.82, 2.24) is 10.2 Å². The van der Waals surface area contributed by atoms with Crippen molar-refractivity contribution in [2.75, 3.05) is 0 Å². The second kappa shape index (κ2) is 10.2. The zero-order valence-corrected chi connectivity index (χ0v) is 4.98. The van der Waals surface area contributed by atoms with E-state index in [1.807, 2.05) is 6.07 Å². The highest BCUT2D eigenvalue weighted by molar-refractivity contribution is 4.99. The van der Waals surface area contributed by atoms with Crippen LogP contribution in [0.1, 0.15) is 0 Å². The maximum absolute atomic E-state index is 7.26. The third kappa shape index (κ3) is 9.45. The molecule has 0 radical (unpaired) electrons. The quantitative estimate of drug-likeness (QED) is 0.573. The molecule has 52 valence electrons. The Kier molecular flexibility index (Phi) is 11.2. The lowest BCUT2D eigenvalue weighted by Gasteiger charge is -1.49. The molecule has 0 aliphatic heterocycles. The molecular weight excluding hydrogens is 135 g/mol. The zero-order chi connectivity index (χ0) is 6.95. The van der Waals surface area contributed by atoms with E-state index in [0.29, 0.717) is 0 Å². The molecule has 0 aliphatic carbocycles. The van der Waals surface area contributed by atoms with E-state index >= 15 is 0 Å². The van der Waals surface area contributed by atoms with Crippen molar-refractivity contribution in [2.24, 2.45) is 0 Å². The standard InChI is InChI=1S/C3H4N2.C2N2.FH/c1-2-4-5-3-1;3-1-2-4;/h1-3H,(H,4,5);;1H. The summed E-state index contributed by atoms with van der Waals surface area (Å²) in [6.45, 7) is 0. The van der Waals surface area contributed by atoms with E-state index in [-0.39, 0.29) is 4.70 Å². The summed E-state index contributed by atoms with van der Waals surface area (Å²) in [4.78, 5) is 0. The van der Waals surface area contributed by atoms with Gasteiger partial charge in [0.2, 0.25) is 0 Å². The highest BCUT2D eigenvalue weighted by Gasteiger charge is 1.56. The molecule has 1 rings (SSSR count). The van der Waals surface area contributed by atoms with E-state index in [4.69, 9.17) is 10.5 Å². The summed E-state index contributed by atoms with van der Waals surface area (Å²) < 4.78 is 0. The molecule has 0 spiro atoms. The Morgan fingerprint density at radius 3 is 2.00 bits per heavy atom. The van der Waals surface area contributed by atoms with Crippen molar-refractivity contribution in [3.05, 3.63) is 18.5 Å². The number of nitrogens with one attached hydrogen (secondary N) is 1. The molecule has 0 unspecified atom stereocenters. The molecule has 1 heterocycles. The van der Waals surface area contributed by atoms with E-state index in [1.54, 1.807) is 12.4 Å². The highest BCUT2D eigenvalue weighted by Crippen LogP contribution is 1.64. The first kappa shape index (κ1) is 11.0. The van der Waals surface area contributed by atoms with Gasteiger partial charge in [0.25, 0.3) is 0 Å². The number of halogens is 1. The number of aromatic amines is 1. The number of rotatable bonds is 0. The molecule has 1 N–H and O–H groups in total. The Morgan fingerprint density at radius 2 is 1.90 bits per heavy atom. The van der Waals surface area contributed by atoms with E-state index in [0.717, 1.165) is 0 Å². The van der Waals surface area contributed by atoms with Crippen LogP contribution < -0.4 is 0 Å². The number of aromatic nitrogens is 2. The van der Waals surface area contributed by atoms with Crippen molar-refractivity contribution in [1.29, 1.82) is 10.5 Å². The summed E-state index contributed by atoms with van der Waals surface area (Å²) >= 11 is 0. The first-order valence-corrected chi connectivity index (χ1v) is 2.13. The fourth-order valence-electron chi connectivity index (χ4n) is 0.215. The largest absolute Gasteiger partial charge is 0.286 e. The molecule has 1 aromatic rings. The Hall–Kier alpha value is -1.88. The topological polar surface area (TPSA) is 76.3 Å². The van der Waals surface area contributed by atoms with Crippen LogP contribution in [-0.4, -0.2) is 10.2 Å². The van der Waals surface area contributed by atoms with Crippen molar-refractivity contribution >= 4 is 0 Å². The summed E-state index contributed by atoms with van der Waals surface area (Å²) in [6.07, 6.45) is 3.46. The van der Waals surface area contributed by atoms with E-state index in [9.17, 15) is 0 Å². The van der Waals surface area contributed by atoms with Gasteiger partial charge in [0.05, 0.1) is 0 Å². The van der Waals surface area contributed by atoms with Crippen molar-refractivity contribution < 1.29 is 4.70 Å². The second-order valence-corrected chi connectivity index (χ2v) is 0.990. The Morgan fingerprint density at radius 1 is 1.30 bits per heavy atom. The van der Waals surface area contributed by atoms with Crippen LogP contribution in [0.4, 0.5) is 4.70 Å². The summed E-state index contributed by atoms with van der Waals surface area (Å²) in [5.41, 5.74) is 0. The Balaban J connectivity index is 0. The van der Waals surface area contributed by atoms with E-state index in [2.05, 4.69) is 10.2 Å². The van der Waals surface area contributed by atoms with Crippen molar-refractivity contribution in [2.45, 2.75) is 0 Å². The summed E-state index contributed by atoms with van der Waals surface area (Å²) in [5.74, 6) is 0. The van der Waals surface area contributed by atoms with Gasteiger partial charge in [-0.2, -0.15) is 15.6 Å². The van der Waals surface area contributed by atoms with Gasteiger partial charge in [0.1, 0.15) is 0 Å². The number of H-pyrrole nitrogens is 1. The molecule has 0 atom stereocenters. The normalized spacial score (nSPS) is 5.00. The molecule has 0 amide bonds. The number of hydrogen-bond donors (Lipinski definition) is 1. The summed E-state index contributed by atoms with van der Waals surface area (Å²) in [7, 11) is 0. The lowest BCUT2D eigenvalue weighted by Crippen LogP contribution is -1.53. The number of hydrogen-bond acceptors (Lipinski definition) is 3. The van der Waals surface area contributed by atoms with Crippen LogP contribution >= 0.6 is 0 Å². The Labute approximate surface area is 57.1 Å². The van der Waals surface area contributed by atoms with Crippen LogP contribution in [0.25, 0.3) is 0 Å². The molecule has 0 aliphatic rings. The first-order valence-electron chi connectivity index (χ1n) is 2.13. The molecule has 0 aromatic carbocycles. The monoisotopic (exact) mass is 140 g/mol. The minimum Gasteiger partial charge on any atom is -0.286 e. The van der Waals surface area contributed by atoms with Crippen LogP contribution in [0.2, 0.25) is 0 Å². The van der Waals surface area contributed by atoms with Gasteiger partial charge in [-0.1, -0.05) is 0 Å². The first-order chi connectivity index (χ1) is 4.41. The molecule has 0 bridgehead atoms. The minimum absolute atomic E-state index is 0. The van der Waals surface area contributed by atoms with E-state index < -0.39 is 0 Å². The average Bonchev–Trinajstić information content (AvgIpc) is 2.43. The maximum Gasteiger partial charge on any atom is 0.181 e. The molecule has 0 saturated carbocycles. The smallest absolute Gasteiger partial charge is 0.181 e. The lowest BCUT2D eigenvalue weighted by molar-refractivity contribution is 1.09. The van der Waals surface area contributed by atoms with Crippen molar-refractivity contribution in [3.8, 4) is 12.1 Å². The predicted octanol–water partition coefficient (Wildman–Crippen LogP) is 0.596. The number of nitrogens with zero attached hydrogens (tertiary/aromatic N) is 3. The van der Waals surface area contributed by atoms with Gasteiger partial charge in [0.15, 0.2) is 12.1 Å². The van der Waals surface area contributed by atoms with Crippen LogP contribution in [0.5, 0.6) is 0 Å². The Bertz CT molecular complexity index is 175. The number of nitriles is 2. The fourth-order valence-corrected chi connectivity index (χ4v) is 0.215. The summed E-state index contributed by atoms with van der Waals surface area (Å²) in [6, 6.07) is 4.31. The molecule has 0 saturated heterocycles.